The smallest absolute Gasteiger partial charge is 0.412 e. The summed E-state index contributed by atoms with van der Waals surface area (Å²) in [6.45, 7) is 4.83. The average Bonchev–Trinajstić information content (AvgIpc) is 3.16. The highest BCUT2D eigenvalue weighted by Gasteiger charge is 2.36. The van der Waals surface area contributed by atoms with E-state index in [4.69, 9.17) is 4.74 Å². The lowest BCUT2D eigenvalue weighted by atomic mass is 9.92. The van der Waals surface area contributed by atoms with E-state index < -0.39 is 35.1 Å². The maximum Gasteiger partial charge on any atom is 0.412 e. The lowest BCUT2D eigenvalue weighted by Crippen LogP contribution is -2.30. The second-order valence-electron chi connectivity index (χ2n) is 10.5. The molecule has 1 aromatic heterocycles. The first kappa shape index (κ1) is 27.6. The number of rotatable bonds is 6. The van der Waals surface area contributed by atoms with Gasteiger partial charge in [-0.25, -0.2) is 13.6 Å². The number of fused-ring (bicyclic) bond motifs is 1. The van der Waals surface area contributed by atoms with Crippen LogP contribution in [0.3, 0.4) is 0 Å². The van der Waals surface area contributed by atoms with Gasteiger partial charge < -0.3 is 4.74 Å². The fourth-order valence-electron chi connectivity index (χ4n) is 4.64. The monoisotopic (exact) mass is 556 g/mol. The molecular weight excluding hydrogens is 530 g/mol. The summed E-state index contributed by atoms with van der Waals surface area (Å²) in [7, 11) is 0. The van der Waals surface area contributed by atoms with E-state index in [-0.39, 0.29) is 46.6 Å². The third-order valence-electron chi connectivity index (χ3n) is 6.48. The third kappa shape index (κ3) is 5.67. The first-order valence-electron chi connectivity index (χ1n) is 12.8. The molecule has 0 bridgehead atoms. The summed E-state index contributed by atoms with van der Waals surface area (Å²) in [4.78, 5) is 39.5. The van der Waals surface area contributed by atoms with Crippen LogP contribution in [0.15, 0.2) is 72.9 Å². The molecule has 0 radical (unpaired) electrons. The Kier molecular flexibility index (Phi) is 7.32. The number of hydrogen-bond donors (Lipinski definition) is 1. The summed E-state index contributed by atoms with van der Waals surface area (Å²) in [5.74, 6) is -2.27. The zero-order valence-electron chi connectivity index (χ0n) is 22.6. The van der Waals surface area contributed by atoms with Gasteiger partial charge in [-0.2, -0.15) is 10.2 Å². The van der Waals surface area contributed by atoms with Crippen molar-refractivity contribution in [2.24, 2.45) is 0 Å². The largest absolute Gasteiger partial charge is 0.444 e. The van der Waals surface area contributed by atoms with E-state index in [0.717, 1.165) is 4.90 Å². The lowest BCUT2D eigenvalue weighted by Gasteiger charge is -2.21. The Morgan fingerprint density at radius 3 is 2.20 bits per heavy atom. The van der Waals surface area contributed by atoms with Gasteiger partial charge >= 0.3 is 6.09 Å². The first-order valence-corrected chi connectivity index (χ1v) is 12.8. The Labute approximate surface area is 235 Å². The second kappa shape index (κ2) is 10.9. The molecule has 1 aliphatic rings. The average molecular weight is 557 g/mol. The fourth-order valence-corrected chi connectivity index (χ4v) is 4.64. The van der Waals surface area contributed by atoms with Crippen LogP contribution in [0.5, 0.6) is 0 Å². The zero-order valence-corrected chi connectivity index (χ0v) is 22.6. The van der Waals surface area contributed by atoms with Crippen LogP contribution in [0, 0.1) is 11.6 Å². The third-order valence-corrected chi connectivity index (χ3v) is 6.48. The molecule has 8 nitrogen and oxygen atoms in total. The molecule has 1 aliphatic heterocycles. The zero-order chi connectivity index (χ0) is 29.3. The molecule has 0 atom stereocenters. The van der Waals surface area contributed by atoms with E-state index in [2.05, 4.69) is 15.5 Å². The Morgan fingerprint density at radius 2 is 1.54 bits per heavy atom. The van der Waals surface area contributed by atoms with Gasteiger partial charge in [0.25, 0.3) is 11.8 Å². The van der Waals surface area contributed by atoms with Crippen LogP contribution in [-0.2, 0) is 17.7 Å². The Morgan fingerprint density at radius 1 is 0.878 bits per heavy atom. The maximum atomic E-state index is 16.1. The SMILES string of the molecule is CC(C)(C)OC(=O)Nc1ccc(-c2ccnnc2CN2C(=O)c3ccccc3C2=O)c(Cc2ccccc2F)c1F. The van der Waals surface area contributed by atoms with Gasteiger partial charge in [0.15, 0.2) is 5.82 Å². The Hall–Kier alpha value is -4.99. The van der Waals surface area contributed by atoms with Crippen LogP contribution < -0.4 is 5.32 Å². The maximum absolute atomic E-state index is 16.1. The van der Waals surface area contributed by atoms with Crippen LogP contribution in [0.2, 0.25) is 0 Å². The van der Waals surface area contributed by atoms with Crippen LogP contribution in [0.25, 0.3) is 11.1 Å². The molecule has 2 heterocycles. The van der Waals surface area contributed by atoms with Crippen LogP contribution in [0.1, 0.15) is 58.3 Å². The number of amides is 3. The molecular formula is C31H26F2N4O4. The molecule has 208 valence electrons. The molecule has 0 spiro atoms. The number of ether oxygens (including phenoxy) is 1. The number of hydrogen-bond acceptors (Lipinski definition) is 6. The highest BCUT2D eigenvalue weighted by molar-refractivity contribution is 6.21. The number of imide groups is 1. The number of anilines is 1. The van der Waals surface area contributed by atoms with E-state index in [1.54, 1.807) is 63.2 Å². The molecule has 5 rings (SSSR count). The molecule has 0 saturated heterocycles. The Balaban J connectivity index is 1.57. The Bertz CT molecular complexity index is 1650. The normalized spacial score (nSPS) is 12.9. The predicted molar refractivity (Wildman–Crippen MR) is 147 cm³/mol. The predicted octanol–water partition coefficient (Wildman–Crippen LogP) is 6.16. The molecule has 0 saturated carbocycles. The van der Waals surface area contributed by atoms with E-state index in [0.29, 0.717) is 11.1 Å². The molecule has 0 unspecified atom stereocenters. The summed E-state index contributed by atoms with van der Waals surface area (Å²) in [6.07, 6.45) is 0.392. The molecule has 0 aliphatic carbocycles. The number of carbonyl (C=O) groups excluding carboxylic acids is 3. The molecule has 3 amide bonds. The van der Waals surface area contributed by atoms with Crippen molar-refractivity contribution in [3.63, 3.8) is 0 Å². The van der Waals surface area contributed by atoms with Crippen LogP contribution in [-0.4, -0.2) is 38.6 Å². The fraction of sp³-hybridized carbons (Fsp3) is 0.194. The van der Waals surface area contributed by atoms with E-state index in [1.165, 1.54) is 30.5 Å². The molecule has 4 aromatic rings. The van der Waals surface area contributed by atoms with Crippen molar-refractivity contribution in [3.05, 3.63) is 113 Å². The number of nitrogens with zero attached hydrogens (tertiary/aromatic N) is 3. The molecule has 0 fully saturated rings. The summed E-state index contributed by atoms with van der Waals surface area (Å²) in [5, 5.41) is 10.5. The molecule has 1 N–H and O–H groups in total. The van der Waals surface area contributed by atoms with Crippen molar-refractivity contribution < 1.29 is 27.9 Å². The standard InChI is InChI=1S/C31H26F2N4O4/c1-31(2,3)41-30(40)35-25-13-12-19(23(27(25)33)16-18-8-4-7-11-24(18)32)20-14-15-34-36-26(20)17-37-28(38)21-9-5-6-10-22(21)29(37)39/h4-15H,16-17H2,1-3H3,(H,35,40). The minimum atomic E-state index is -0.849. The van der Waals surface area contributed by atoms with Gasteiger partial charge in [0.1, 0.15) is 11.4 Å². The lowest BCUT2D eigenvalue weighted by molar-refractivity contribution is 0.0624. The van der Waals surface area contributed by atoms with Gasteiger partial charge in [0.05, 0.1) is 35.2 Å². The van der Waals surface area contributed by atoms with Crippen molar-refractivity contribution in [1.82, 2.24) is 15.1 Å². The molecule has 10 heteroatoms. The van der Waals surface area contributed by atoms with Gasteiger partial charge in [-0.05, 0) is 62.2 Å². The highest BCUT2D eigenvalue weighted by atomic mass is 19.1. The molecule has 41 heavy (non-hydrogen) atoms. The number of aromatic nitrogens is 2. The highest BCUT2D eigenvalue weighted by Crippen LogP contribution is 2.35. The van der Waals surface area contributed by atoms with E-state index in [1.807, 2.05) is 0 Å². The second-order valence-corrected chi connectivity index (χ2v) is 10.5. The van der Waals surface area contributed by atoms with Gasteiger partial charge in [-0.3, -0.25) is 19.8 Å². The van der Waals surface area contributed by atoms with Gasteiger partial charge in [-0.1, -0.05) is 36.4 Å². The first-order chi connectivity index (χ1) is 19.5. The summed E-state index contributed by atoms with van der Waals surface area (Å²) >= 11 is 0. The number of benzene rings is 3. The summed E-state index contributed by atoms with van der Waals surface area (Å²) in [5.41, 5.74) is 0.873. The number of carbonyl (C=O) groups is 3. The van der Waals surface area contributed by atoms with Crippen molar-refractivity contribution in [3.8, 4) is 11.1 Å². The van der Waals surface area contributed by atoms with Gasteiger partial charge in [-0.15, -0.1) is 0 Å². The quantitative estimate of drug-likeness (QED) is 0.286. The van der Waals surface area contributed by atoms with Gasteiger partial charge in [0, 0.05) is 17.5 Å². The van der Waals surface area contributed by atoms with Crippen molar-refractivity contribution in [2.75, 3.05) is 5.32 Å². The molecule has 3 aromatic carbocycles. The van der Waals surface area contributed by atoms with E-state index in [9.17, 15) is 18.8 Å². The van der Waals surface area contributed by atoms with Crippen LogP contribution >= 0.6 is 0 Å². The van der Waals surface area contributed by atoms with Crippen molar-refractivity contribution in [1.29, 1.82) is 0 Å². The number of halogens is 2. The van der Waals surface area contributed by atoms with Gasteiger partial charge in [0.2, 0.25) is 0 Å². The minimum Gasteiger partial charge on any atom is -0.444 e. The summed E-state index contributed by atoms with van der Waals surface area (Å²) in [6, 6.07) is 17.0. The van der Waals surface area contributed by atoms with Crippen LogP contribution in [0.4, 0.5) is 19.3 Å². The minimum absolute atomic E-state index is 0.0697. The summed E-state index contributed by atoms with van der Waals surface area (Å²) < 4.78 is 36.1. The van der Waals surface area contributed by atoms with E-state index >= 15 is 4.39 Å². The van der Waals surface area contributed by atoms with Crippen molar-refractivity contribution >= 4 is 23.6 Å². The number of nitrogens with one attached hydrogen (secondary N) is 1. The topological polar surface area (TPSA) is 101 Å². The van der Waals surface area contributed by atoms with Crippen molar-refractivity contribution in [2.45, 2.75) is 39.3 Å².